The lowest BCUT2D eigenvalue weighted by Crippen LogP contribution is -2.34. The van der Waals surface area contributed by atoms with Gasteiger partial charge in [-0.25, -0.2) is 12.7 Å². The Morgan fingerprint density at radius 2 is 2.00 bits per heavy atom. The highest BCUT2D eigenvalue weighted by molar-refractivity contribution is 7.92. The van der Waals surface area contributed by atoms with E-state index in [1.807, 2.05) is 0 Å². The summed E-state index contributed by atoms with van der Waals surface area (Å²) in [6, 6.07) is 5.58. The minimum atomic E-state index is -4.12. The maximum atomic E-state index is 13.1. The number of nitro benzene ring substituents is 1. The van der Waals surface area contributed by atoms with Gasteiger partial charge in [-0.1, -0.05) is 24.8 Å². The first-order valence-corrected chi connectivity index (χ1v) is 13.5. The van der Waals surface area contributed by atoms with Crippen molar-refractivity contribution in [1.29, 1.82) is 0 Å². The van der Waals surface area contributed by atoms with Crippen LogP contribution < -0.4 is 9.04 Å². The lowest BCUT2D eigenvalue weighted by atomic mass is 10.3. The van der Waals surface area contributed by atoms with Crippen LogP contribution >= 0.6 is 0 Å². The summed E-state index contributed by atoms with van der Waals surface area (Å²) >= 11 is 0. The van der Waals surface area contributed by atoms with Crippen LogP contribution in [0.25, 0.3) is 0 Å². The molecule has 2 aromatic rings. The monoisotopic (exact) mass is 429 g/mol. The lowest BCUT2D eigenvalue weighted by molar-refractivity contribution is -0.385. The Kier molecular flexibility index (Phi) is 6.80. The number of hydrogen-bond acceptors (Lipinski definition) is 8. The number of hydrogen-bond donors (Lipinski definition) is 0. The Hall–Kier alpha value is -2.44. The molecule has 28 heavy (non-hydrogen) atoms. The number of benzene rings is 1. The summed E-state index contributed by atoms with van der Waals surface area (Å²) in [4.78, 5) is 10.2. The predicted molar refractivity (Wildman–Crippen MR) is 105 cm³/mol. The molecule has 1 heterocycles. The van der Waals surface area contributed by atoms with Gasteiger partial charge in [0, 0.05) is 32.9 Å². The van der Waals surface area contributed by atoms with Crippen molar-refractivity contribution in [3.05, 3.63) is 40.6 Å². The third kappa shape index (κ3) is 5.30. The second kappa shape index (κ2) is 8.71. The van der Waals surface area contributed by atoms with Crippen molar-refractivity contribution in [3.63, 3.8) is 0 Å². The van der Waals surface area contributed by atoms with Crippen molar-refractivity contribution in [2.24, 2.45) is 0 Å². The largest absolute Gasteiger partial charge is 0.490 e. The fourth-order valence-electron chi connectivity index (χ4n) is 2.22. The maximum absolute atomic E-state index is 13.1. The number of methoxy groups -OCH3 is 1. The number of rotatable bonds is 10. The molecule has 1 aromatic carbocycles. The Labute approximate surface area is 164 Å². The average molecular weight is 430 g/mol. The Morgan fingerprint density at radius 1 is 1.29 bits per heavy atom. The van der Waals surface area contributed by atoms with Gasteiger partial charge >= 0.3 is 5.69 Å². The van der Waals surface area contributed by atoms with E-state index in [4.69, 9.17) is 14.0 Å². The van der Waals surface area contributed by atoms with Crippen molar-refractivity contribution in [2.75, 3.05) is 24.8 Å². The van der Waals surface area contributed by atoms with Gasteiger partial charge in [-0.05, 0) is 12.1 Å². The summed E-state index contributed by atoms with van der Waals surface area (Å²) in [5.74, 6) is -0.115. The molecule has 0 amide bonds. The number of nitro groups is 1. The van der Waals surface area contributed by atoms with Gasteiger partial charge in [0.2, 0.25) is 0 Å². The molecule has 154 valence electrons. The number of sulfonamides is 1. The van der Waals surface area contributed by atoms with Crippen molar-refractivity contribution < 1.29 is 27.3 Å². The van der Waals surface area contributed by atoms with Gasteiger partial charge in [-0.3, -0.25) is 10.1 Å². The van der Waals surface area contributed by atoms with Crippen LogP contribution in [0.4, 0.5) is 11.5 Å². The average Bonchev–Trinajstić information content (AvgIpc) is 3.13. The second-order valence-corrected chi connectivity index (χ2v) is 14.6. The van der Waals surface area contributed by atoms with Gasteiger partial charge in [0.15, 0.2) is 11.6 Å². The van der Waals surface area contributed by atoms with Gasteiger partial charge < -0.3 is 14.0 Å². The number of anilines is 1. The van der Waals surface area contributed by atoms with Gasteiger partial charge in [-0.15, -0.1) is 0 Å². The van der Waals surface area contributed by atoms with Gasteiger partial charge in [0.1, 0.15) is 13.0 Å². The molecule has 0 N–H and O–H groups in total. The van der Waals surface area contributed by atoms with Gasteiger partial charge in [-0.2, -0.15) is 0 Å². The van der Waals surface area contributed by atoms with E-state index < -0.39 is 23.0 Å². The van der Waals surface area contributed by atoms with E-state index in [-0.39, 0.29) is 28.9 Å². The molecule has 12 heteroatoms. The Bertz CT molecular complexity index is 911. The molecule has 0 spiro atoms. The molecule has 0 atom stereocenters. The van der Waals surface area contributed by atoms with Crippen LogP contribution in [0, 0.1) is 10.1 Å². The topological polar surface area (TPSA) is 125 Å². The van der Waals surface area contributed by atoms with E-state index in [1.165, 1.54) is 19.4 Å². The summed E-state index contributed by atoms with van der Waals surface area (Å²) in [6.07, 6.45) is 1.25. The minimum absolute atomic E-state index is 0.0466. The Morgan fingerprint density at radius 3 is 2.54 bits per heavy atom. The molecule has 0 bridgehead atoms. The standard InChI is InChI=1S/C16H23N3O7SSi/c1-24-15-11-13(5-6-14(15)19(20)21)27(22,23)18(16-7-8-26-17-16)12-25-9-10-28(2,3)4/h5-8,11H,9-10,12H2,1-4H3. The lowest BCUT2D eigenvalue weighted by Gasteiger charge is -2.23. The molecule has 0 saturated carbocycles. The zero-order valence-corrected chi connectivity index (χ0v) is 17.9. The van der Waals surface area contributed by atoms with Crippen LogP contribution in [-0.4, -0.2) is 47.0 Å². The third-order valence-electron chi connectivity index (χ3n) is 3.82. The second-order valence-electron chi connectivity index (χ2n) is 7.15. The van der Waals surface area contributed by atoms with Crippen LogP contribution in [0.1, 0.15) is 0 Å². The molecule has 0 unspecified atom stereocenters. The van der Waals surface area contributed by atoms with E-state index in [0.29, 0.717) is 6.61 Å². The maximum Gasteiger partial charge on any atom is 0.310 e. The summed E-state index contributed by atoms with van der Waals surface area (Å²) in [7, 11) is -4.23. The van der Waals surface area contributed by atoms with Crippen molar-refractivity contribution >= 4 is 29.6 Å². The first-order chi connectivity index (χ1) is 13.1. The van der Waals surface area contributed by atoms with Crippen LogP contribution in [0.2, 0.25) is 25.7 Å². The fourth-order valence-corrected chi connectivity index (χ4v) is 4.28. The van der Waals surface area contributed by atoms with Crippen molar-refractivity contribution in [1.82, 2.24) is 5.16 Å². The summed E-state index contributed by atoms with van der Waals surface area (Å²) < 4.78 is 42.5. The number of nitrogens with zero attached hydrogens (tertiary/aromatic N) is 3. The molecule has 1 aromatic heterocycles. The first-order valence-electron chi connectivity index (χ1n) is 8.39. The number of aromatic nitrogens is 1. The Balaban J connectivity index is 2.32. The van der Waals surface area contributed by atoms with E-state index in [2.05, 4.69) is 24.8 Å². The molecule has 0 saturated heterocycles. The molecule has 10 nitrogen and oxygen atoms in total. The van der Waals surface area contributed by atoms with Crippen LogP contribution in [-0.2, 0) is 14.8 Å². The van der Waals surface area contributed by atoms with Crippen molar-refractivity contribution in [2.45, 2.75) is 30.6 Å². The molecule has 0 aliphatic rings. The minimum Gasteiger partial charge on any atom is -0.490 e. The van der Waals surface area contributed by atoms with E-state index in [9.17, 15) is 18.5 Å². The fraction of sp³-hybridized carbons (Fsp3) is 0.438. The third-order valence-corrected chi connectivity index (χ3v) is 7.25. The molecule has 2 rings (SSSR count). The molecular weight excluding hydrogens is 406 g/mol. The zero-order valence-electron chi connectivity index (χ0n) is 16.1. The molecule has 0 radical (unpaired) electrons. The smallest absolute Gasteiger partial charge is 0.310 e. The van der Waals surface area contributed by atoms with E-state index >= 15 is 0 Å². The summed E-state index contributed by atoms with van der Waals surface area (Å²) in [6.45, 7) is 6.70. The van der Waals surface area contributed by atoms with Crippen LogP contribution in [0.15, 0.2) is 39.9 Å². The number of ether oxygens (including phenoxy) is 2. The van der Waals surface area contributed by atoms with Gasteiger partial charge in [0.05, 0.1) is 16.9 Å². The zero-order chi connectivity index (χ0) is 20.9. The first kappa shape index (κ1) is 21.9. The molecule has 0 fully saturated rings. The van der Waals surface area contributed by atoms with Crippen LogP contribution in [0.5, 0.6) is 5.75 Å². The summed E-state index contributed by atoms with van der Waals surface area (Å²) in [5, 5.41) is 14.7. The molecular formula is C16H23N3O7SSi. The normalized spacial score (nSPS) is 12.0. The van der Waals surface area contributed by atoms with Crippen LogP contribution in [0.3, 0.4) is 0 Å². The highest BCUT2D eigenvalue weighted by Crippen LogP contribution is 2.31. The summed E-state index contributed by atoms with van der Waals surface area (Å²) in [5.41, 5.74) is -0.333. The SMILES string of the molecule is COc1cc(S(=O)(=O)N(COCC[Si](C)(C)C)c2ccon2)ccc1[N+](=O)[O-]. The molecule has 0 aliphatic carbocycles. The predicted octanol–water partition coefficient (Wildman–Crippen LogP) is 3.10. The van der Waals surface area contributed by atoms with E-state index in [0.717, 1.165) is 28.5 Å². The highest BCUT2D eigenvalue weighted by Gasteiger charge is 2.29. The molecule has 0 aliphatic heterocycles. The van der Waals surface area contributed by atoms with E-state index in [1.54, 1.807) is 0 Å². The van der Waals surface area contributed by atoms with Crippen molar-refractivity contribution in [3.8, 4) is 5.75 Å². The van der Waals surface area contributed by atoms with Gasteiger partial charge in [0.25, 0.3) is 10.0 Å². The quantitative estimate of drug-likeness (QED) is 0.185. The highest BCUT2D eigenvalue weighted by atomic mass is 32.2.